The van der Waals surface area contributed by atoms with E-state index in [2.05, 4.69) is 6.92 Å². The number of nitrogens with zero attached hydrogens (tertiary/aromatic N) is 1. The van der Waals surface area contributed by atoms with Gasteiger partial charge in [0.25, 0.3) is 5.91 Å². The summed E-state index contributed by atoms with van der Waals surface area (Å²) in [5.74, 6) is -0.614. The Morgan fingerprint density at radius 2 is 2.11 bits per heavy atom. The predicted molar refractivity (Wildman–Crippen MR) is 76.5 cm³/mol. The number of hydrogen-bond donors (Lipinski definition) is 1. The van der Waals surface area contributed by atoms with Crippen molar-refractivity contribution in [2.75, 3.05) is 12.3 Å². The van der Waals surface area contributed by atoms with Crippen LogP contribution in [0.1, 0.15) is 50.4 Å². The second-order valence-corrected chi connectivity index (χ2v) is 4.84. The minimum absolute atomic E-state index is 0.127. The lowest BCUT2D eigenvalue weighted by atomic mass is 10.1. The van der Waals surface area contributed by atoms with E-state index >= 15 is 0 Å². The molecule has 0 aromatic heterocycles. The quantitative estimate of drug-likeness (QED) is 0.802. The summed E-state index contributed by atoms with van der Waals surface area (Å²) in [6, 6.07) is 4.06. The fraction of sp³-hybridized carbons (Fsp3) is 0.533. The summed E-state index contributed by atoms with van der Waals surface area (Å²) in [7, 11) is 0. The van der Waals surface area contributed by atoms with Crippen molar-refractivity contribution < 1.29 is 9.18 Å². The molecule has 0 spiro atoms. The van der Waals surface area contributed by atoms with Gasteiger partial charge in [-0.25, -0.2) is 4.39 Å². The van der Waals surface area contributed by atoms with Gasteiger partial charge in [0, 0.05) is 18.3 Å². The number of hydrogen-bond acceptors (Lipinski definition) is 2. The van der Waals surface area contributed by atoms with Crippen LogP contribution >= 0.6 is 0 Å². The molecule has 2 N–H and O–H groups in total. The Labute approximate surface area is 114 Å². The summed E-state index contributed by atoms with van der Waals surface area (Å²) < 4.78 is 13.3. The van der Waals surface area contributed by atoms with Gasteiger partial charge in [-0.15, -0.1) is 0 Å². The van der Waals surface area contributed by atoms with Gasteiger partial charge in [-0.3, -0.25) is 4.79 Å². The Morgan fingerprint density at radius 3 is 2.68 bits per heavy atom. The third kappa shape index (κ3) is 3.94. The Hall–Kier alpha value is -1.58. The maximum atomic E-state index is 13.3. The normalized spacial score (nSPS) is 12.2. The molecule has 0 fully saturated rings. The number of carbonyl (C=O) groups is 1. The van der Waals surface area contributed by atoms with Gasteiger partial charge >= 0.3 is 0 Å². The summed E-state index contributed by atoms with van der Waals surface area (Å²) in [5, 5.41) is 0. The van der Waals surface area contributed by atoms with E-state index in [1.807, 2.05) is 13.8 Å². The Kier molecular flexibility index (Phi) is 5.80. The Morgan fingerprint density at radius 1 is 1.42 bits per heavy atom. The van der Waals surface area contributed by atoms with Crippen LogP contribution in [-0.2, 0) is 0 Å². The molecule has 1 amide bonds. The molecule has 0 bridgehead atoms. The van der Waals surface area contributed by atoms with Gasteiger partial charge in [0.1, 0.15) is 5.82 Å². The highest BCUT2D eigenvalue weighted by Gasteiger charge is 2.22. The summed E-state index contributed by atoms with van der Waals surface area (Å²) >= 11 is 0. The molecule has 1 atom stereocenters. The van der Waals surface area contributed by atoms with Crippen LogP contribution in [0.25, 0.3) is 0 Å². The number of halogens is 1. The lowest BCUT2D eigenvalue weighted by Gasteiger charge is -2.29. The molecule has 3 nitrogen and oxygen atoms in total. The number of benzene rings is 1. The Bertz CT molecular complexity index is 434. The predicted octanol–water partition coefficient (Wildman–Crippen LogP) is 3.45. The first-order valence-corrected chi connectivity index (χ1v) is 6.87. The second kappa shape index (κ2) is 7.12. The first-order chi connectivity index (χ1) is 9.01. The summed E-state index contributed by atoms with van der Waals surface area (Å²) in [4.78, 5) is 14.3. The summed E-state index contributed by atoms with van der Waals surface area (Å²) in [6.07, 6.45) is 2.81. The van der Waals surface area contributed by atoms with Gasteiger partial charge < -0.3 is 10.6 Å². The fourth-order valence-electron chi connectivity index (χ4n) is 1.94. The lowest BCUT2D eigenvalue weighted by molar-refractivity contribution is 0.0686. The van der Waals surface area contributed by atoms with E-state index < -0.39 is 5.82 Å². The van der Waals surface area contributed by atoms with E-state index in [0.717, 1.165) is 19.3 Å². The number of nitrogen functional groups attached to an aromatic ring is 1. The molecule has 19 heavy (non-hydrogen) atoms. The van der Waals surface area contributed by atoms with Crippen LogP contribution in [0.15, 0.2) is 18.2 Å². The highest BCUT2D eigenvalue weighted by molar-refractivity contribution is 5.99. The van der Waals surface area contributed by atoms with Crippen molar-refractivity contribution in [2.45, 2.75) is 46.1 Å². The van der Waals surface area contributed by atoms with Crippen molar-refractivity contribution in [1.29, 1.82) is 0 Å². The van der Waals surface area contributed by atoms with Gasteiger partial charge in [0.05, 0.1) is 5.56 Å². The van der Waals surface area contributed by atoms with E-state index in [0.29, 0.717) is 12.2 Å². The van der Waals surface area contributed by atoms with Gasteiger partial charge in [-0.1, -0.05) is 20.3 Å². The molecule has 1 rings (SSSR count). The number of rotatable bonds is 6. The summed E-state index contributed by atoms with van der Waals surface area (Å²) in [5.41, 5.74) is 6.37. The molecular weight excluding hydrogens is 243 g/mol. The van der Waals surface area contributed by atoms with E-state index in [9.17, 15) is 9.18 Å². The molecule has 0 aliphatic rings. The monoisotopic (exact) mass is 266 g/mol. The Balaban J connectivity index is 3.00. The third-order valence-electron chi connectivity index (χ3n) is 3.38. The smallest absolute Gasteiger partial charge is 0.256 e. The van der Waals surface area contributed by atoms with E-state index in [1.54, 1.807) is 4.90 Å². The lowest BCUT2D eigenvalue weighted by Crippen LogP contribution is -2.39. The van der Waals surface area contributed by atoms with Crippen LogP contribution in [0.2, 0.25) is 0 Å². The van der Waals surface area contributed by atoms with Crippen molar-refractivity contribution in [2.24, 2.45) is 0 Å². The topological polar surface area (TPSA) is 46.3 Å². The molecule has 1 unspecified atom stereocenters. The SMILES string of the molecule is CCCCN(C(=O)c1cc(F)ccc1N)C(C)CC. The number of amides is 1. The molecular formula is C15H23FN2O. The average molecular weight is 266 g/mol. The maximum absolute atomic E-state index is 13.3. The first-order valence-electron chi connectivity index (χ1n) is 6.87. The summed E-state index contributed by atoms with van der Waals surface area (Å²) in [6.45, 7) is 6.80. The molecule has 0 radical (unpaired) electrons. The molecule has 0 saturated carbocycles. The van der Waals surface area contributed by atoms with Crippen LogP contribution in [-0.4, -0.2) is 23.4 Å². The van der Waals surface area contributed by atoms with Crippen molar-refractivity contribution in [3.8, 4) is 0 Å². The standard InChI is InChI=1S/C15H23FN2O/c1-4-6-9-18(11(3)5-2)15(19)13-10-12(16)7-8-14(13)17/h7-8,10-11H,4-6,9,17H2,1-3H3. The van der Waals surface area contributed by atoms with Crippen molar-refractivity contribution >= 4 is 11.6 Å². The van der Waals surface area contributed by atoms with Crippen molar-refractivity contribution in [3.05, 3.63) is 29.6 Å². The zero-order chi connectivity index (χ0) is 14.4. The number of carbonyl (C=O) groups excluding carboxylic acids is 1. The largest absolute Gasteiger partial charge is 0.398 e. The van der Waals surface area contributed by atoms with Crippen LogP contribution in [0, 0.1) is 5.82 Å². The molecule has 4 heteroatoms. The average Bonchev–Trinajstić information content (AvgIpc) is 2.41. The number of anilines is 1. The van der Waals surface area contributed by atoms with Gasteiger partial charge in [-0.2, -0.15) is 0 Å². The van der Waals surface area contributed by atoms with Gasteiger partial charge in [0.15, 0.2) is 0 Å². The molecule has 106 valence electrons. The highest BCUT2D eigenvalue weighted by Crippen LogP contribution is 2.18. The van der Waals surface area contributed by atoms with Crippen LogP contribution in [0.4, 0.5) is 10.1 Å². The number of unbranched alkanes of at least 4 members (excludes halogenated alkanes) is 1. The van der Waals surface area contributed by atoms with Crippen molar-refractivity contribution in [1.82, 2.24) is 4.90 Å². The molecule has 1 aromatic rings. The molecule has 0 aliphatic heterocycles. The van der Waals surface area contributed by atoms with E-state index in [-0.39, 0.29) is 17.5 Å². The fourth-order valence-corrected chi connectivity index (χ4v) is 1.94. The van der Waals surface area contributed by atoms with Crippen LogP contribution in [0.3, 0.4) is 0 Å². The first kappa shape index (κ1) is 15.5. The molecule has 0 saturated heterocycles. The van der Waals surface area contributed by atoms with Gasteiger partial charge in [0.2, 0.25) is 0 Å². The highest BCUT2D eigenvalue weighted by atomic mass is 19.1. The third-order valence-corrected chi connectivity index (χ3v) is 3.38. The second-order valence-electron chi connectivity index (χ2n) is 4.84. The minimum Gasteiger partial charge on any atom is -0.398 e. The number of nitrogens with two attached hydrogens (primary N) is 1. The van der Waals surface area contributed by atoms with Crippen LogP contribution in [0.5, 0.6) is 0 Å². The zero-order valence-electron chi connectivity index (χ0n) is 11.9. The maximum Gasteiger partial charge on any atom is 0.256 e. The minimum atomic E-state index is -0.433. The van der Waals surface area contributed by atoms with Gasteiger partial charge in [-0.05, 0) is 38.0 Å². The molecule has 0 heterocycles. The molecule has 0 aliphatic carbocycles. The van der Waals surface area contributed by atoms with Crippen molar-refractivity contribution in [3.63, 3.8) is 0 Å². The molecule has 1 aromatic carbocycles. The van der Waals surface area contributed by atoms with E-state index in [4.69, 9.17) is 5.73 Å². The van der Waals surface area contributed by atoms with Crippen LogP contribution < -0.4 is 5.73 Å². The zero-order valence-corrected chi connectivity index (χ0v) is 11.9. The van der Waals surface area contributed by atoms with E-state index in [1.165, 1.54) is 18.2 Å².